The van der Waals surface area contributed by atoms with Gasteiger partial charge in [-0.15, -0.1) is 10.2 Å². The topological polar surface area (TPSA) is 69.2 Å². The Morgan fingerprint density at radius 1 is 1.22 bits per heavy atom. The molecule has 1 aliphatic carbocycles. The minimum Gasteiger partial charge on any atom is -0.494 e. The molecule has 0 amide bonds. The lowest BCUT2D eigenvalue weighted by Gasteiger charge is -2.21. The molecule has 0 spiro atoms. The minimum absolute atomic E-state index is 0.356. The van der Waals surface area contributed by atoms with E-state index in [4.69, 9.17) is 9.47 Å². The third-order valence-corrected chi connectivity index (χ3v) is 5.09. The molecule has 0 radical (unpaired) electrons. The Balaban J connectivity index is 1.72. The highest BCUT2D eigenvalue weighted by atomic mass is 32.2. The van der Waals surface area contributed by atoms with Crippen molar-refractivity contribution in [1.29, 1.82) is 0 Å². The molecule has 1 aromatic heterocycles. The molecule has 2 aliphatic rings. The first-order valence-corrected chi connectivity index (χ1v) is 10.2. The summed E-state index contributed by atoms with van der Waals surface area (Å²) in [7, 11) is 0. The van der Waals surface area contributed by atoms with Gasteiger partial charge in [-0.3, -0.25) is 0 Å². The van der Waals surface area contributed by atoms with E-state index in [1.807, 2.05) is 31.2 Å². The number of fused-ring (bicyclic) bond motifs is 2. The first-order chi connectivity index (χ1) is 13.3. The lowest BCUT2D eigenvalue weighted by atomic mass is 9.99. The quantitative estimate of drug-likeness (QED) is 0.780. The maximum atomic E-state index is 6.27. The number of nitrogens with one attached hydrogen (secondary N) is 1. The summed E-state index contributed by atoms with van der Waals surface area (Å²) < 4.78 is 11.8. The second kappa shape index (κ2) is 8.00. The molecule has 27 heavy (non-hydrogen) atoms. The molecule has 4 rings (SSSR count). The lowest BCUT2D eigenvalue weighted by molar-refractivity contribution is 0.172. The molecule has 140 valence electrons. The summed E-state index contributed by atoms with van der Waals surface area (Å²) in [6, 6.07) is 7.93. The van der Waals surface area contributed by atoms with Crippen molar-refractivity contribution >= 4 is 17.3 Å². The molecular weight excluding hydrogens is 360 g/mol. The molecule has 1 aromatic carbocycles. The Bertz CT molecular complexity index is 880. The van der Waals surface area contributed by atoms with Crippen LogP contribution in [0.5, 0.6) is 11.6 Å². The van der Waals surface area contributed by atoms with Crippen LogP contribution in [0.25, 0.3) is 5.57 Å². The van der Waals surface area contributed by atoms with Gasteiger partial charge in [0, 0.05) is 16.8 Å². The number of hydrogen-bond acceptors (Lipinski definition) is 7. The summed E-state index contributed by atoms with van der Waals surface area (Å²) >= 11 is 1.56. The molecule has 1 unspecified atom stereocenters. The second-order valence-corrected chi connectivity index (χ2v) is 7.39. The maximum Gasteiger partial charge on any atom is 0.247 e. The van der Waals surface area contributed by atoms with Crippen LogP contribution in [0.2, 0.25) is 0 Å². The van der Waals surface area contributed by atoms with Crippen molar-refractivity contribution < 1.29 is 9.47 Å². The Hall–Kier alpha value is -2.54. The Labute approximate surface area is 163 Å². The summed E-state index contributed by atoms with van der Waals surface area (Å²) in [5, 5.41) is 12.8. The number of hydrogen-bond donors (Lipinski definition) is 1. The molecule has 7 heteroatoms. The predicted octanol–water partition coefficient (Wildman–Crippen LogP) is 4.12. The molecule has 1 atom stereocenters. The highest BCUT2D eigenvalue weighted by Gasteiger charge is 2.28. The summed E-state index contributed by atoms with van der Waals surface area (Å²) in [6.45, 7) is 4.69. The largest absolute Gasteiger partial charge is 0.494 e. The van der Waals surface area contributed by atoms with Crippen molar-refractivity contribution in [3.8, 4) is 11.6 Å². The average molecular weight is 382 g/mol. The van der Waals surface area contributed by atoms with Gasteiger partial charge < -0.3 is 14.8 Å². The van der Waals surface area contributed by atoms with Crippen molar-refractivity contribution in [2.24, 2.45) is 0 Å². The zero-order valence-electron chi connectivity index (χ0n) is 15.4. The summed E-state index contributed by atoms with van der Waals surface area (Å²) in [4.78, 5) is 4.62. The van der Waals surface area contributed by atoms with E-state index in [1.54, 1.807) is 11.8 Å². The molecule has 0 saturated carbocycles. The average Bonchev–Trinajstić information content (AvgIpc) is 2.85. The van der Waals surface area contributed by atoms with Crippen molar-refractivity contribution in [3.05, 3.63) is 53.4 Å². The van der Waals surface area contributed by atoms with Gasteiger partial charge >= 0.3 is 0 Å². The molecule has 0 saturated heterocycles. The maximum absolute atomic E-state index is 6.27. The summed E-state index contributed by atoms with van der Waals surface area (Å²) in [6.07, 6.45) is 5.76. The van der Waals surface area contributed by atoms with E-state index in [0.717, 1.165) is 46.9 Å². The SMILES string of the molecule is CCOc1ccc(C2NC3=C(CCC=C3)c3nnc(SCC)nc3O2)cc1. The van der Waals surface area contributed by atoms with E-state index in [-0.39, 0.29) is 6.23 Å². The molecular formula is C20H22N4O2S. The standard InChI is InChI=1S/C20H22N4O2S/c1-3-25-14-11-9-13(10-12-14)18-21-16-8-6-5-7-15(16)17-19(26-18)22-20(24-23-17)27-4-2/h6,8-12,18,21H,3-5,7H2,1-2H3. The van der Waals surface area contributed by atoms with Gasteiger partial charge in [0.05, 0.1) is 6.61 Å². The van der Waals surface area contributed by atoms with Gasteiger partial charge in [0.1, 0.15) is 5.75 Å². The monoisotopic (exact) mass is 382 g/mol. The van der Waals surface area contributed by atoms with Crippen LogP contribution >= 0.6 is 11.8 Å². The summed E-state index contributed by atoms with van der Waals surface area (Å²) in [5.41, 5.74) is 3.86. The number of allylic oxidation sites excluding steroid dienone is 3. The zero-order chi connectivity index (χ0) is 18.6. The Kier molecular flexibility index (Phi) is 5.29. The zero-order valence-corrected chi connectivity index (χ0v) is 16.3. The van der Waals surface area contributed by atoms with E-state index in [9.17, 15) is 0 Å². The molecule has 1 N–H and O–H groups in total. The van der Waals surface area contributed by atoms with Crippen LogP contribution in [0.15, 0.2) is 47.3 Å². The Morgan fingerprint density at radius 2 is 2.07 bits per heavy atom. The van der Waals surface area contributed by atoms with Crippen LogP contribution in [0.1, 0.15) is 44.2 Å². The molecule has 2 heterocycles. The van der Waals surface area contributed by atoms with Gasteiger partial charge in [-0.1, -0.05) is 24.8 Å². The number of aromatic nitrogens is 3. The van der Waals surface area contributed by atoms with E-state index in [2.05, 4.69) is 39.6 Å². The van der Waals surface area contributed by atoms with Crippen molar-refractivity contribution in [2.45, 2.75) is 38.1 Å². The molecule has 0 fully saturated rings. The number of nitrogens with zero attached hydrogens (tertiary/aromatic N) is 3. The van der Waals surface area contributed by atoms with E-state index < -0.39 is 0 Å². The van der Waals surface area contributed by atoms with Gasteiger partial charge in [0.15, 0.2) is 11.9 Å². The van der Waals surface area contributed by atoms with E-state index in [0.29, 0.717) is 17.6 Å². The Morgan fingerprint density at radius 3 is 2.85 bits per heavy atom. The van der Waals surface area contributed by atoms with Crippen molar-refractivity contribution in [2.75, 3.05) is 12.4 Å². The number of thioether (sulfide) groups is 1. The fourth-order valence-corrected chi connectivity index (χ4v) is 3.65. The minimum atomic E-state index is -0.356. The fourth-order valence-electron chi connectivity index (χ4n) is 3.14. The van der Waals surface area contributed by atoms with E-state index in [1.165, 1.54) is 0 Å². The smallest absolute Gasteiger partial charge is 0.247 e. The second-order valence-electron chi connectivity index (χ2n) is 6.16. The van der Waals surface area contributed by atoms with Crippen molar-refractivity contribution in [1.82, 2.24) is 20.5 Å². The van der Waals surface area contributed by atoms with Gasteiger partial charge in [-0.25, -0.2) is 0 Å². The molecule has 0 bridgehead atoms. The van der Waals surface area contributed by atoms with Gasteiger partial charge in [0.25, 0.3) is 0 Å². The third kappa shape index (κ3) is 3.78. The predicted molar refractivity (Wildman–Crippen MR) is 106 cm³/mol. The van der Waals surface area contributed by atoms with Crippen LogP contribution in [-0.2, 0) is 0 Å². The lowest BCUT2D eigenvalue weighted by Crippen LogP contribution is -2.25. The van der Waals surface area contributed by atoms with Crippen LogP contribution in [0, 0.1) is 0 Å². The van der Waals surface area contributed by atoms with Crippen LogP contribution in [-0.4, -0.2) is 27.5 Å². The highest BCUT2D eigenvalue weighted by molar-refractivity contribution is 7.99. The first kappa shape index (κ1) is 17.9. The first-order valence-electron chi connectivity index (χ1n) is 9.22. The van der Waals surface area contributed by atoms with Gasteiger partial charge in [-0.05, 0) is 55.9 Å². The number of rotatable bonds is 5. The van der Waals surface area contributed by atoms with E-state index >= 15 is 0 Å². The van der Waals surface area contributed by atoms with Crippen LogP contribution in [0.3, 0.4) is 0 Å². The molecule has 2 aromatic rings. The highest BCUT2D eigenvalue weighted by Crippen LogP contribution is 2.37. The number of benzene rings is 1. The number of ether oxygens (including phenoxy) is 2. The van der Waals surface area contributed by atoms with Crippen molar-refractivity contribution in [3.63, 3.8) is 0 Å². The van der Waals surface area contributed by atoms with Crippen LogP contribution in [0.4, 0.5) is 0 Å². The molecule has 6 nitrogen and oxygen atoms in total. The normalized spacial score (nSPS) is 18.1. The third-order valence-electron chi connectivity index (χ3n) is 4.38. The fraction of sp³-hybridized carbons (Fsp3) is 0.350. The summed E-state index contributed by atoms with van der Waals surface area (Å²) in [5.74, 6) is 2.27. The van der Waals surface area contributed by atoms with Crippen LogP contribution < -0.4 is 14.8 Å². The van der Waals surface area contributed by atoms with Gasteiger partial charge in [0.2, 0.25) is 11.0 Å². The molecule has 1 aliphatic heterocycles. The van der Waals surface area contributed by atoms with Gasteiger partial charge in [-0.2, -0.15) is 4.98 Å².